The molecule has 0 aliphatic carbocycles. The average Bonchev–Trinajstić information content (AvgIpc) is 2.59. The predicted octanol–water partition coefficient (Wildman–Crippen LogP) is 4.32. The van der Waals surface area contributed by atoms with Gasteiger partial charge in [0.1, 0.15) is 14.2 Å². The summed E-state index contributed by atoms with van der Waals surface area (Å²) in [5, 5.41) is 10.6. The van der Waals surface area contributed by atoms with E-state index in [0.29, 0.717) is 0 Å². The number of hydrogen-bond donors (Lipinski definition) is 1. The van der Waals surface area contributed by atoms with Gasteiger partial charge in [-0.25, -0.2) is 0 Å². The normalized spacial score (nSPS) is 13.8. The molecule has 0 aromatic heterocycles. The van der Waals surface area contributed by atoms with Gasteiger partial charge in [-0.15, -0.1) is 5.54 Å². The van der Waals surface area contributed by atoms with Crippen LogP contribution in [0, 0.1) is 11.5 Å². The van der Waals surface area contributed by atoms with Crippen LogP contribution in [0.25, 0.3) is 0 Å². The molecule has 2 nitrogen and oxygen atoms in total. The van der Waals surface area contributed by atoms with Crippen LogP contribution in [-0.4, -0.2) is 30.2 Å². The van der Waals surface area contributed by atoms with Crippen LogP contribution in [0.15, 0.2) is 60.7 Å². The highest BCUT2D eigenvalue weighted by Crippen LogP contribution is 2.15. The van der Waals surface area contributed by atoms with Crippen molar-refractivity contribution >= 4 is 8.07 Å². The highest BCUT2D eigenvalue weighted by molar-refractivity contribution is 6.83. The van der Waals surface area contributed by atoms with Crippen LogP contribution >= 0.6 is 0 Å². The molecule has 0 bridgehead atoms. The SMILES string of the molecule is C[C@@H]([C@H](O)C#C[Si](C)(C)C)N(Cc1ccccc1)Cc1ccccc1. The van der Waals surface area contributed by atoms with Gasteiger partial charge < -0.3 is 5.11 Å². The van der Waals surface area contributed by atoms with E-state index in [0.717, 1.165) is 13.1 Å². The summed E-state index contributed by atoms with van der Waals surface area (Å²) in [6.07, 6.45) is -0.640. The topological polar surface area (TPSA) is 23.5 Å². The smallest absolute Gasteiger partial charge is 0.129 e. The Morgan fingerprint density at radius 1 is 0.880 bits per heavy atom. The molecule has 1 N–H and O–H groups in total. The molecule has 0 aliphatic rings. The highest BCUT2D eigenvalue weighted by Gasteiger charge is 2.21. The van der Waals surface area contributed by atoms with Crippen LogP contribution in [-0.2, 0) is 13.1 Å². The third-order valence-corrected chi connectivity index (χ3v) is 4.98. The lowest BCUT2D eigenvalue weighted by atomic mass is 10.1. The van der Waals surface area contributed by atoms with Crippen LogP contribution in [0.3, 0.4) is 0 Å². The highest BCUT2D eigenvalue weighted by atomic mass is 28.3. The lowest BCUT2D eigenvalue weighted by Gasteiger charge is -2.31. The van der Waals surface area contributed by atoms with Gasteiger partial charge in [-0.05, 0) is 18.1 Å². The van der Waals surface area contributed by atoms with Crippen molar-refractivity contribution in [2.45, 2.75) is 51.8 Å². The van der Waals surface area contributed by atoms with E-state index in [4.69, 9.17) is 0 Å². The van der Waals surface area contributed by atoms with E-state index >= 15 is 0 Å². The Kier molecular flexibility index (Phi) is 7.01. The third kappa shape index (κ3) is 6.87. The Morgan fingerprint density at radius 3 is 1.72 bits per heavy atom. The van der Waals surface area contributed by atoms with Crippen molar-refractivity contribution in [2.75, 3.05) is 0 Å². The molecular formula is C22H29NOSi. The number of benzene rings is 2. The van der Waals surface area contributed by atoms with E-state index in [1.807, 2.05) is 12.1 Å². The van der Waals surface area contributed by atoms with Crippen LogP contribution in [0.4, 0.5) is 0 Å². The van der Waals surface area contributed by atoms with Crippen molar-refractivity contribution in [1.82, 2.24) is 4.90 Å². The maximum Gasteiger partial charge on any atom is 0.129 e. The van der Waals surface area contributed by atoms with E-state index in [2.05, 4.69) is 91.5 Å². The van der Waals surface area contributed by atoms with Crippen molar-refractivity contribution in [1.29, 1.82) is 0 Å². The lowest BCUT2D eigenvalue weighted by Crippen LogP contribution is -2.40. The number of aliphatic hydroxyl groups excluding tert-OH is 1. The van der Waals surface area contributed by atoms with Crippen LogP contribution in [0.2, 0.25) is 19.6 Å². The van der Waals surface area contributed by atoms with Gasteiger partial charge in [-0.1, -0.05) is 86.2 Å². The second-order valence-corrected chi connectivity index (χ2v) is 12.3. The van der Waals surface area contributed by atoms with Crippen molar-refractivity contribution in [2.24, 2.45) is 0 Å². The standard InChI is InChI=1S/C22H29NOSi/c1-19(22(24)15-16-25(2,3)4)23(17-20-11-7-5-8-12-20)18-21-13-9-6-10-14-21/h5-14,19,22,24H,17-18H2,1-4H3/t19-,22+/m0/s1. The fourth-order valence-electron chi connectivity index (χ4n) is 2.59. The van der Waals surface area contributed by atoms with Gasteiger partial charge in [-0.3, -0.25) is 4.90 Å². The van der Waals surface area contributed by atoms with E-state index < -0.39 is 14.2 Å². The van der Waals surface area contributed by atoms with Gasteiger partial charge in [0.2, 0.25) is 0 Å². The minimum Gasteiger partial charge on any atom is -0.379 e. The average molecular weight is 352 g/mol. The van der Waals surface area contributed by atoms with Gasteiger partial charge >= 0.3 is 0 Å². The second kappa shape index (κ2) is 9.01. The van der Waals surface area contributed by atoms with Crippen molar-refractivity contribution in [3.05, 3.63) is 71.8 Å². The monoisotopic (exact) mass is 351 g/mol. The van der Waals surface area contributed by atoms with Gasteiger partial charge in [-0.2, -0.15) is 0 Å². The summed E-state index contributed by atoms with van der Waals surface area (Å²) in [4.78, 5) is 2.30. The summed E-state index contributed by atoms with van der Waals surface area (Å²) in [6.45, 7) is 10.2. The zero-order chi connectivity index (χ0) is 18.3. The number of rotatable bonds is 6. The lowest BCUT2D eigenvalue weighted by molar-refractivity contribution is 0.0835. The van der Waals surface area contributed by atoms with Crippen molar-refractivity contribution < 1.29 is 5.11 Å². The third-order valence-electron chi connectivity index (χ3n) is 4.08. The molecule has 3 heteroatoms. The molecular weight excluding hydrogens is 322 g/mol. The zero-order valence-corrected chi connectivity index (χ0v) is 16.7. The Morgan fingerprint density at radius 2 is 1.32 bits per heavy atom. The summed E-state index contributed by atoms with van der Waals surface area (Å²) in [5.41, 5.74) is 5.79. The first kappa shape index (κ1) is 19.5. The first-order valence-electron chi connectivity index (χ1n) is 8.88. The van der Waals surface area contributed by atoms with Gasteiger partial charge in [0.05, 0.1) is 0 Å². The molecule has 0 spiro atoms. The van der Waals surface area contributed by atoms with Gasteiger partial charge in [0.25, 0.3) is 0 Å². The Balaban J connectivity index is 2.18. The molecule has 0 saturated carbocycles. The van der Waals surface area contributed by atoms with E-state index in [1.54, 1.807) is 0 Å². The molecule has 0 amide bonds. The molecule has 0 heterocycles. The van der Waals surface area contributed by atoms with E-state index in [9.17, 15) is 5.11 Å². The summed E-state index contributed by atoms with van der Waals surface area (Å²) in [7, 11) is -1.49. The number of hydrogen-bond acceptors (Lipinski definition) is 2. The zero-order valence-electron chi connectivity index (χ0n) is 15.7. The molecule has 0 saturated heterocycles. The largest absolute Gasteiger partial charge is 0.379 e. The first-order chi connectivity index (χ1) is 11.8. The molecule has 0 aliphatic heterocycles. The summed E-state index contributed by atoms with van der Waals surface area (Å²) < 4.78 is 0. The molecule has 0 radical (unpaired) electrons. The minimum absolute atomic E-state index is 0.0377. The van der Waals surface area contributed by atoms with Crippen LogP contribution in [0.1, 0.15) is 18.1 Å². The quantitative estimate of drug-likeness (QED) is 0.619. The van der Waals surface area contributed by atoms with Gasteiger partial charge in [0.15, 0.2) is 0 Å². The molecule has 2 aromatic rings. The van der Waals surface area contributed by atoms with Crippen LogP contribution in [0.5, 0.6) is 0 Å². The summed E-state index contributed by atoms with van der Waals surface area (Å²) >= 11 is 0. The summed E-state index contributed by atoms with van der Waals surface area (Å²) in [6, 6.07) is 20.8. The minimum atomic E-state index is -1.49. The van der Waals surface area contributed by atoms with Gasteiger partial charge in [0, 0.05) is 19.1 Å². The fraction of sp³-hybridized carbons (Fsp3) is 0.364. The molecule has 2 aromatic carbocycles. The Hall–Kier alpha value is -1.86. The molecule has 25 heavy (non-hydrogen) atoms. The Bertz CT molecular complexity index is 656. The maximum absolute atomic E-state index is 10.6. The predicted molar refractivity (Wildman–Crippen MR) is 109 cm³/mol. The maximum atomic E-state index is 10.6. The van der Waals surface area contributed by atoms with Crippen LogP contribution < -0.4 is 0 Å². The van der Waals surface area contributed by atoms with Crippen molar-refractivity contribution in [3.8, 4) is 11.5 Å². The molecule has 0 fully saturated rings. The van der Waals surface area contributed by atoms with E-state index in [-0.39, 0.29) is 6.04 Å². The first-order valence-corrected chi connectivity index (χ1v) is 12.4. The second-order valence-electron chi connectivity index (χ2n) is 7.58. The molecule has 0 unspecified atom stereocenters. The Labute approximate surface area is 153 Å². The number of aliphatic hydroxyl groups is 1. The molecule has 132 valence electrons. The summed E-state index contributed by atoms with van der Waals surface area (Å²) in [5.74, 6) is 3.10. The number of nitrogens with zero attached hydrogens (tertiary/aromatic N) is 1. The van der Waals surface area contributed by atoms with Crippen molar-refractivity contribution in [3.63, 3.8) is 0 Å². The van der Waals surface area contributed by atoms with E-state index in [1.165, 1.54) is 11.1 Å². The molecule has 2 rings (SSSR count). The molecule has 2 atom stereocenters. The fourth-order valence-corrected chi connectivity index (χ4v) is 3.17.